The Labute approximate surface area is 74.4 Å². The van der Waals surface area contributed by atoms with E-state index in [1.54, 1.807) is 0 Å². The molecule has 0 bridgehead atoms. The number of amidine groups is 1. The molecule has 1 fully saturated rings. The highest BCUT2D eigenvalue weighted by atomic mass is 15.2. The van der Waals surface area contributed by atoms with Crippen LogP contribution in [0.5, 0.6) is 0 Å². The highest BCUT2D eigenvalue weighted by Gasteiger charge is 2.25. The van der Waals surface area contributed by atoms with Crippen LogP contribution in [-0.4, -0.2) is 29.9 Å². The Morgan fingerprint density at radius 2 is 2.25 bits per heavy atom. The van der Waals surface area contributed by atoms with Gasteiger partial charge in [0.1, 0.15) is 0 Å². The quantitative estimate of drug-likeness (QED) is 0.490. The number of hydrogen-bond acceptors (Lipinski definition) is 2. The molecule has 1 atom stereocenters. The number of nitrogens with zero attached hydrogens (tertiary/aromatic N) is 1. The van der Waals surface area contributed by atoms with E-state index in [2.05, 4.69) is 18.9 Å². The van der Waals surface area contributed by atoms with Crippen molar-refractivity contribution in [3.63, 3.8) is 0 Å². The number of nitrogens with one attached hydrogen (secondary N) is 1. The zero-order valence-corrected chi connectivity index (χ0v) is 8.01. The molecule has 1 saturated carbocycles. The lowest BCUT2D eigenvalue weighted by Gasteiger charge is -2.38. The van der Waals surface area contributed by atoms with Crippen LogP contribution in [0, 0.1) is 5.41 Å². The minimum atomic E-state index is 0.300. The monoisotopic (exact) mass is 169 g/mol. The Morgan fingerprint density at radius 3 is 2.58 bits per heavy atom. The van der Waals surface area contributed by atoms with Crippen molar-refractivity contribution in [2.24, 2.45) is 5.73 Å². The highest BCUT2D eigenvalue weighted by molar-refractivity contribution is 5.77. The molecule has 3 nitrogen and oxygen atoms in total. The van der Waals surface area contributed by atoms with Crippen molar-refractivity contribution in [3.8, 4) is 0 Å². The third-order valence-electron chi connectivity index (χ3n) is 2.86. The molecule has 1 unspecified atom stereocenters. The van der Waals surface area contributed by atoms with E-state index < -0.39 is 0 Å². The van der Waals surface area contributed by atoms with E-state index >= 15 is 0 Å². The molecule has 0 spiro atoms. The molecular formula is C9H19N3. The van der Waals surface area contributed by atoms with Gasteiger partial charge in [0.15, 0.2) is 0 Å². The van der Waals surface area contributed by atoms with Gasteiger partial charge in [-0.15, -0.1) is 0 Å². The lowest BCUT2D eigenvalue weighted by molar-refractivity contribution is 0.121. The number of rotatable bonds is 4. The van der Waals surface area contributed by atoms with Crippen molar-refractivity contribution < 1.29 is 0 Å². The first-order chi connectivity index (χ1) is 5.61. The summed E-state index contributed by atoms with van der Waals surface area (Å²) < 4.78 is 0. The molecule has 1 aliphatic rings. The molecule has 0 saturated heterocycles. The van der Waals surface area contributed by atoms with Crippen LogP contribution < -0.4 is 5.73 Å². The third-order valence-corrected chi connectivity index (χ3v) is 2.86. The van der Waals surface area contributed by atoms with Crippen molar-refractivity contribution in [2.75, 3.05) is 7.05 Å². The summed E-state index contributed by atoms with van der Waals surface area (Å²) >= 11 is 0. The predicted molar refractivity (Wildman–Crippen MR) is 51.4 cm³/mol. The van der Waals surface area contributed by atoms with Crippen LogP contribution in [0.3, 0.4) is 0 Å². The second-order valence-electron chi connectivity index (χ2n) is 3.83. The predicted octanol–water partition coefficient (Wildman–Crippen LogP) is 1.19. The van der Waals surface area contributed by atoms with Gasteiger partial charge in [-0.3, -0.25) is 5.41 Å². The van der Waals surface area contributed by atoms with Crippen molar-refractivity contribution in [2.45, 2.75) is 44.7 Å². The minimum absolute atomic E-state index is 0.300. The summed E-state index contributed by atoms with van der Waals surface area (Å²) in [5, 5.41) is 7.19. The van der Waals surface area contributed by atoms with E-state index in [0.29, 0.717) is 18.3 Å². The van der Waals surface area contributed by atoms with Gasteiger partial charge in [-0.2, -0.15) is 0 Å². The van der Waals surface area contributed by atoms with E-state index in [1.165, 1.54) is 19.3 Å². The lowest BCUT2D eigenvalue weighted by Crippen LogP contribution is -2.44. The highest BCUT2D eigenvalue weighted by Crippen LogP contribution is 2.25. The summed E-state index contributed by atoms with van der Waals surface area (Å²) in [5.74, 6) is 0.300. The van der Waals surface area contributed by atoms with Gasteiger partial charge in [0.05, 0.1) is 5.84 Å². The molecule has 1 aliphatic carbocycles. The van der Waals surface area contributed by atoms with Crippen LogP contribution in [-0.2, 0) is 0 Å². The Hall–Kier alpha value is -0.570. The molecule has 3 heteroatoms. The smallest absolute Gasteiger partial charge is 0.0920 e. The van der Waals surface area contributed by atoms with Crippen molar-refractivity contribution in [1.29, 1.82) is 5.41 Å². The largest absolute Gasteiger partial charge is 0.388 e. The van der Waals surface area contributed by atoms with E-state index in [-0.39, 0.29) is 0 Å². The van der Waals surface area contributed by atoms with E-state index in [4.69, 9.17) is 11.1 Å². The topological polar surface area (TPSA) is 53.1 Å². The second kappa shape index (κ2) is 3.90. The molecule has 0 aromatic rings. The zero-order chi connectivity index (χ0) is 9.14. The number of hydrogen-bond donors (Lipinski definition) is 2. The van der Waals surface area contributed by atoms with Gasteiger partial charge < -0.3 is 10.6 Å². The fraction of sp³-hybridized carbons (Fsp3) is 0.889. The zero-order valence-electron chi connectivity index (χ0n) is 8.01. The number of nitrogens with two attached hydrogens (primary N) is 1. The Bertz CT molecular complexity index is 163. The molecule has 0 aromatic heterocycles. The molecule has 70 valence electrons. The molecule has 12 heavy (non-hydrogen) atoms. The Balaban J connectivity index is 2.29. The van der Waals surface area contributed by atoms with Crippen LogP contribution in [0.25, 0.3) is 0 Å². The van der Waals surface area contributed by atoms with Crippen molar-refractivity contribution in [3.05, 3.63) is 0 Å². The van der Waals surface area contributed by atoms with Crippen molar-refractivity contribution in [1.82, 2.24) is 4.90 Å². The van der Waals surface area contributed by atoms with Gasteiger partial charge in [0.2, 0.25) is 0 Å². The summed E-state index contributed by atoms with van der Waals surface area (Å²) in [7, 11) is 2.14. The molecule has 0 amide bonds. The lowest BCUT2D eigenvalue weighted by atomic mass is 9.90. The molecule has 3 N–H and O–H groups in total. The van der Waals surface area contributed by atoms with Gasteiger partial charge in [-0.05, 0) is 26.8 Å². The van der Waals surface area contributed by atoms with Gasteiger partial charge in [0, 0.05) is 18.5 Å². The van der Waals surface area contributed by atoms with Crippen LogP contribution in [0.15, 0.2) is 0 Å². The first-order valence-electron chi connectivity index (χ1n) is 4.66. The standard InChI is InChI=1S/C9H19N3/c1-7(6-9(10)11)12(2)8-4-3-5-8/h7-8H,3-6H2,1-2H3,(H3,10,11). The average molecular weight is 169 g/mol. The SMILES string of the molecule is CC(CC(=N)N)N(C)C1CCC1. The summed E-state index contributed by atoms with van der Waals surface area (Å²) in [4.78, 5) is 2.35. The fourth-order valence-corrected chi connectivity index (χ4v) is 1.62. The van der Waals surface area contributed by atoms with Crippen LogP contribution in [0.4, 0.5) is 0 Å². The van der Waals surface area contributed by atoms with Gasteiger partial charge in [0.25, 0.3) is 0 Å². The third kappa shape index (κ3) is 2.21. The fourth-order valence-electron chi connectivity index (χ4n) is 1.62. The summed E-state index contributed by atoms with van der Waals surface area (Å²) in [6.45, 7) is 2.14. The summed E-state index contributed by atoms with van der Waals surface area (Å²) in [6, 6.07) is 1.17. The second-order valence-corrected chi connectivity index (χ2v) is 3.83. The first kappa shape index (κ1) is 9.52. The van der Waals surface area contributed by atoms with Crippen molar-refractivity contribution >= 4 is 5.84 Å². The average Bonchev–Trinajstić information content (AvgIpc) is 1.81. The Kier molecular flexibility index (Phi) is 3.09. The van der Waals surface area contributed by atoms with E-state index in [9.17, 15) is 0 Å². The maximum Gasteiger partial charge on any atom is 0.0920 e. The van der Waals surface area contributed by atoms with E-state index in [0.717, 1.165) is 6.04 Å². The molecular weight excluding hydrogens is 150 g/mol. The van der Waals surface area contributed by atoms with Gasteiger partial charge in [-0.25, -0.2) is 0 Å². The summed E-state index contributed by atoms with van der Waals surface area (Å²) in [6.07, 6.45) is 4.70. The normalized spacial score (nSPS) is 20.6. The summed E-state index contributed by atoms with van der Waals surface area (Å²) in [5.41, 5.74) is 5.35. The molecule has 0 radical (unpaired) electrons. The molecule has 0 aromatic carbocycles. The van der Waals surface area contributed by atoms with Gasteiger partial charge >= 0.3 is 0 Å². The molecule has 1 rings (SSSR count). The van der Waals surface area contributed by atoms with Crippen LogP contribution in [0.2, 0.25) is 0 Å². The molecule has 0 heterocycles. The van der Waals surface area contributed by atoms with Gasteiger partial charge in [-0.1, -0.05) is 6.42 Å². The first-order valence-corrected chi connectivity index (χ1v) is 4.66. The Morgan fingerprint density at radius 1 is 1.67 bits per heavy atom. The maximum absolute atomic E-state index is 7.19. The molecule has 0 aliphatic heterocycles. The van der Waals surface area contributed by atoms with E-state index in [1.807, 2.05) is 0 Å². The minimum Gasteiger partial charge on any atom is -0.388 e. The maximum atomic E-state index is 7.19. The van der Waals surface area contributed by atoms with Crippen LogP contribution in [0.1, 0.15) is 32.6 Å². The van der Waals surface area contributed by atoms with Crippen LogP contribution >= 0.6 is 0 Å².